The molecule has 0 unspecified atom stereocenters. The maximum atomic E-state index is 5.72. The number of aryl methyl sites for hydroxylation is 1. The molecule has 1 aromatic heterocycles. The van der Waals surface area contributed by atoms with Crippen molar-refractivity contribution in [1.82, 2.24) is 4.98 Å². The van der Waals surface area contributed by atoms with Crippen LogP contribution in [0, 0.1) is 0 Å². The van der Waals surface area contributed by atoms with Gasteiger partial charge in [-0.1, -0.05) is 26.8 Å². The number of ether oxygens (including phenoxy) is 1. The number of unbranched alkanes of at least 4 members (excludes halogenated alkanes) is 1. The van der Waals surface area contributed by atoms with Crippen molar-refractivity contribution in [3.63, 3.8) is 0 Å². The van der Waals surface area contributed by atoms with E-state index in [2.05, 4.69) is 56.1 Å². The SMILES string of the molecule is COc1ccc(-c2[nH]c3ccc(C(C)(C)C)cc3c2CCCCN)cc1. The fourth-order valence-electron chi connectivity index (χ4n) is 3.42. The van der Waals surface area contributed by atoms with Gasteiger partial charge in [0.1, 0.15) is 5.75 Å². The normalized spacial score (nSPS) is 11.9. The second kappa shape index (κ2) is 7.55. The Balaban J connectivity index is 2.12. The average Bonchev–Trinajstić information content (AvgIpc) is 2.99. The Bertz CT molecular complexity index is 870. The largest absolute Gasteiger partial charge is 0.497 e. The summed E-state index contributed by atoms with van der Waals surface area (Å²) >= 11 is 0. The molecule has 0 aliphatic rings. The Hall–Kier alpha value is -2.26. The summed E-state index contributed by atoms with van der Waals surface area (Å²) in [5.41, 5.74) is 12.2. The topological polar surface area (TPSA) is 51.0 Å². The quantitative estimate of drug-likeness (QED) is 0.583. The van der Waals surface area contributed by atoms with Gasteiger partial charge in [0.15, 0.2) is 0 Å². The monoisotopic (exact) mass is 350 g/mol. The number of rotatable bonds is 6. The fourth-order valence-corrected chi connectivity index (χ4v) is 3.42. The lowest BCUT2D eigenvalue weighted by molar-refractivity contribution is 0.415. The molecule has 2 aromatic carbocycles. The van der Waals surface area contributed by atoms with Gasteiger partial charge in [-0.15, -0.1) is 0 Å². The first kappa shape index (κ1) is 18.5. The van der Waals surface area contributed by atoms with E-state index in [4.69, 9.17) is 10.5 Å². The molecule has 26 heavy (non-hydrogen) atoms. The zero-order valence-corrected chi connectivity index (χ0v) is 16.4. The van der Waals surface area contributed by atoms with E-state index >= 15 is 0 Å². The van der Waals surface area contributed by atoms with E-state index < -0.39 is 0 Å². The number of fused-ring (bicyclic) bond motifs is 1. The zero-order valence-electron chi connectivity index (χ0n) is 16.4. The molecular formula is C23H30N2O. The highest BCUT2D eigenvalue weighted by atomic mass is 16.5. The van der Waals surface area contributed by atoms with E-state index in [9.17, 15) is 0 Å². The van der Waals surface area contributed by atoms with Gasteiger partial charge in [-0.2, -0.15) is 0 Å². The fraction of sp³-hybridized carbons (Fsp3) is 0.391. The van der Waals surface area contributed by atoms with Crippen LogP contribution in [-0.2, 0) is 11.8 Å². The summed E-state index contributed by atoms with van der Waals surface area (Å²) in [4.78, 5) is 3.65. The first-order valence-corrected chi connectivity index (χ1v) is 9.43. The van der Waals surface area contributed by atoms with Gasteiger partial charge in [-0.25, -0.2) is 0 Å². The number of nitrogens with two attached hydrogens (primary N) is 1. The molecule has 1 heterocycles. The van der Waals surface area contributed by atoms with Crippen molar-refractivity contribution in [3.05, 3.63) is 53.6 Å². The van der Waals surface area contributed by atoms with E-state index in [-0.39, 0.29) is 5.41 Å². The molecule has 0 saturated heterocycles. The number of benzene rings is 2. The van der Waals surface area contributed by atoms with Crippen molar-refractivity contribution < 1.29 is 4.74 Å². The molecule has 3 nitrogen and oxygen atoms in total. The summed E-state index contributed by atoms with van der Waals surface area (Å²) in [6.07, 6.45) is 3.19. The zero-order chi connectivity index (χ0) is 18.7. The lowest BCUT2D eigenvalue weighted by atomic mass is 9.86. The van der Waals surface area contributed by atoms with Crippen LogP contribution in [0.3, 0.4) is 0 Å². The van der Waals surface area contributed by atoms with E-state index in [1.807, 2.05) is 12.1 Å². The Kier molecular flexibility index (Phi) is 5.38. The summed E-state index contributed by atoms with van der Waals surface area (Å²) in [5.74, 6) is 0.879. The number of H-pyrrole nitrogens is 1. The predicted octanol–water partition coefficient (Wildman–Crippen LogP) is 5.42. The van der Waals surface area contributed by atoms with Crippen molar-refractivity contribution in [1.29, 1.82) is 0 Å². The number of aromatic nitrogens is 1. The van der Waals surface area contributed by atoms with Gasteiger partial charge in [0.05, 0.1) is 7.11 Å². The number of nitrogens with one attached hydrogen (secondary N) is 1. The molecule has 3 N–H and O–H groups in total. The third-order valence-corrected chi connectivity index (χ3v) is 5.03. The minimum absolute atomic E-state index is 0.139. The Morgan fingerprint density at radius 2 is 1.73 bits per heavy atom. The Labute approximate surface area is 156 Å². The summed E-state index contributed by atoms with van der Waals surface area (Å²) < 4.78 is 5.30. The van der Waals surface area contributed by atoms with Gasteiger partial charge in [0.25, 0.3) is 0 Å². The van der Waals surface area contributed by atoms with Gasteiger partial charge in [-0.05, 0) is 84.3 Å². The van der Waals surface area contributed by atoms with Crippen molar-refractivity contribution in [3.8, 4) is 17.0 Å². The van der Waals surface area contributed by atoms with Gasteiger partial charge < -0.3 is 15.5 Å². The summed E-state index contributed by atoms with van der Waals surface area (Å²) in [7, 11) is 1.70. The first-order valence-electron chi connectivity index (χ1n) is 9.43. The van der Waals surface area contributed by atoms with E-state index in [1.165, 1.54) is 33.3 Å². The van der Waals surface area contributed by atoms with Crippen LogP contribution >= 0.6 is 0 Å². The lowest BCUT2D eigenvalue weighted by Crippen LogP contribution is -2.10. The summed E-state index contributed by atoms with van der Waals surface area (Å²) in [6, 6.07) is 15.1. The lowest BCUT2D eigenvalue weighted by Gasteiger charge is -2.19. The molecule has 0 spiro atoms. The molecule has 138 valence electrons. The summed E-state index contributed by atoms with van der Waals surface area (Å²) in [5, 5.41) is 1.33. The van der Waals surface area contributed by atoms with Crippen molar-refractivity contribution in [2.45, 2.75) is 45.4 Å². The highest BCUT2D eigenvalue weighted by Gasteiger charge is 2.18. The molecule has 0 aliphatic heterocycles. The van der Waals surface area contributed by atoms with Crippen molar-refractivity contribution >= 4 is 10.9 Å². The molecule has 0 radical (unpaired) electrons. The number of hydrogen-bond donors (Lipinski definition) is 2. The number of methoxy groups -OCH3 is 1. The minimum atomic E-state index is 0.139. The number of hydrogen-bond acceptors (Lipinski definition) is 2. The molecule has 0 amide bonds. The minimum Gasteiger partial charge on any atom is -0.497 e. The molecule has 0 fully saturated rings. The van der Waals surface area contributed by atoms with E-state index in [1.54, 1.807) is 7.11 Å². The van der Waals surface area contributed by atoms with Crippen LogP contribution in [0.2, 0.25) is 0 Å². The summed E-state index contributed by atoms with van der Waals surface area (Å²) in [6.45, 7) is 7.53. The van der Waals surface area contributed by atoms with Crippen molar-refractivity contribution in [2.24, 2.45) is 5.73 Å². The maximum Gasteiger partial charge on any atom is 0.118 e. The third kappa shape index (κ3) is 3.78. The maximum absolute atomic E-state index is 5.72. The average molecular weight is 351 g/mol. The molecule has 0 atom stereocenters. The molecule has 0 aliphatic carbocycles. The van der Waals surface area contributed by atoms with Gasteiger partial charge in [-0.3, -0.25) is 0 Å². The second-order valence-electron chi connectivity index (χ2n) is 7.96. The predicted molar refractivity (Wildman–Crippen MR) is 111 cm³/mol. The molecule has 3 rings (SSSR count). The van der Waals surface area contributed by atoms with Crippen molar-refractivity contribution in [2.75, 3.05) is 13.7 Å². The number of aromatic amines is 1. The van der Waals surface area contributed by atoms with Gasteiger partial charge >= 0.3 is 0 Å². The van der Waals surface area contributed by atoms with Crippen LogP contribution in [0.5, 0.6) is 5.75 Å². The molecule has 0 saturated carbocycles. The van der Waals surface area contributed by atoms with Gasteiger partial charge in [0, 0.05) is 16.6 Å². The second-order valence-corrected chi connectivity index (χ2v) is 7.96. The molecular weight excluding hydrogens is 320 g/mol. The van der Waals surface area contributed by atoms with Gasteiger partial charge in [0.2, 0.25) is 0 Å². The van der Waals surface area contributed by atoms with Crippen LogP contribution in [0.15, 0.2) is 42.5 Å². The van der Waals surface area contributed by atoms with E-state index in [0.29, 0.717) is 0 Å². The highest BCUT2D eigenvalue weighted by molar-refractivity contribution is 5.91. The van der Waals surface area contributed by atoms with Crippen LogP contribution in [0.4, 0.5) is 0 Å². The van der Waals surface area contributed by atoms with E-state index in [0.717, 1.165) is 31.6 Å². The Morgan fingerprint density at radius 1 is 1.00 bits per heavy atom. The van der Waals surface area contributed by atoms with Crippen LogP contribution < -0.4 is 10.5 Å². The highest BCUT2D eigenvalue weighted by Crippen LogP contribution is 2.35. The standard InChI is InChI=1S/C23H30N2O/c1-23(2,3)17-10-13-21-20(15-17)19(7-5-6-14-24)22(25-21)16-8-11-18(26-4)12-9-16/h8-13,15,25H,5-7,14,24H2,1-4H3. The smallest absolute Gasteiger partial charge is 0.118 e. The van der Waals surface area contributed by atoms with Crippen LogP contribution in [-0.4, -0.2) is 18.6 Å². The van der Waals surface area contributed by atoms with Crippen LogP contribution in [0.25, 0.3) is 22.2 Å². The third-order valence-electron chi connectivity index (χ3n) is 5.03. The molecule has 3 aromatic rings. The molecule has 3 heteroatoms. The Morgan fingerprint density at radius 3 is 2.35 bits per heavy atom. The molecule has 0 bridgehead atoms. The van der Waals surface area contributed by atoms with Crippen LogP contribution in [0.1, 0.15) is 44.7 Å². The first-order chi connectivity index (χ1) is 12.4.